The van der Waals surface area contributed by atoms with E-state index in [2.05, 4.69) is 108 Å². The van der Waals surface area contributed by atoms with Crippen molar-refractivity contribution >= 4 is 32.7 Å². The number of aromatic nitrogens is 8. The molecule has 0 saturated carbocycles. The molecule has 7 heterocycles. The van der Waals surface area contributed by atoms with E-state index >= 15 is 0 Å². The van der Waals surface area contributed by atoms with Crippen molar-refractivity contribution < 1.29 is 4.42 Å². The molecule has 9 nitrogen and oxygen atoms in total. The van der Waals surface area contributed by atoms with Crippen LogP contribution in [0.4, 0.5) is 0 Å². The Morgan fingerprint density at radius 2 is 1.07 bits per heavy atom. The van der Waals surface area contributed by atoms with E-state index in [0.717, 1.165) is 39.3 Å². The van der Waals surface area contributed by atoms with Gasteiger partial charge in [-0.3, -0.25) is 29.9 Å². The second-order valence-corrected chi connectivity index (χ2v) is 15.0. The number of furan rings is 1. The molecule has 0 aliphatic heterocycles. The summed E-state index contributed by atoms with van der Waals surface area (Å²) >= 11 is 0. The van der Waals surface area contributed by atoms with Crippen molar-refractivity contribution in [3.8, 4) is 0 Å². The SMILES string of the molecule is C.Cc1cc[nH]c1.Cc1ccc2ccccc2n1.Cc1cccc2ccccc12.Cc1ccccn1.Cc1cccnc1.Cc1ccoc1.Cc1cnc2ccccc2n1.Cc1cnccn1. The average Bonchev–Trinajstić information content (AvgIpc) is 4.04. The Morgan fingerprint density at radius 1 is 0.403 bits per heavy atom. The maximum absolute atomic E-state index is 4.71. The van der Waals surface area contributed by atoms with E-state index in [1.54, 1.807) is 49.7 Å². The van der Waals surface area contributed by atoms with Crippen LogP contribution in [0.2, 0.25) is 0 Å². The number of nitrogens with zero attached hydrogens (tertiary/aromatic N) is 7. The first-order valence-electron chi connectivity index (χ1n) is 21.6. The number of H-pyrrole nitrogens is 1. The quantitative estimate of drug-likeness (QED) is 0.160. The molecule has 11 rings (SSSR count). The lowest BCUT2D eigenvalue weighted by Crippen LogP contribution is -1.85. The van der Waals surface area contributed by atoms with Gasteiger partial charge in [0.25, 0.3) is 0 Å². The Hall–Kier alpha value is -8.17. The smallest absolute Gasteiger partial charge is 0.0931 e. The van der Waals surface area contributed by atoms with Gasteiger partial charge in [0.1, 0.15) is 0 Å². The number of rotatable bonds is 0. The molecule has 0 atom stereocenters. The Kier molecular flexibility index (Phi) is 24.5. The molecule has 67 heavy (non-hydrogen) atoms. The molecular weight excluding hydrogens is 825 g/mol. The van der Waals surface area contributed by atoms with Crippen LogP contribution >= 0.6 is 0 Å². The van der Waals surface area contributed by atoms with Crippen LogP contribution in [-0.2, 0) is 0 Å². The van der Waals surface area contributed by atoms with E-state index in [-0.39, 0.29) is 7.43 Å². The lowest BCUT2D eigenvalue weighted by molar-refractivity contribution is 0.565. The maximum atomic E-state index is 4.71. The van der Waals surface area contributed by atoms with Crippen molar-refractivity contribution in [3.05, 3.63) is 259 Å². The molecule has 0 radical (unpaired) electrons. The zero-order chi connectivity index (χ0) is 47.2. The van der Waals surface area contributed by atoms with Gasteiger partial charge in [-0.2, -0.15) is 0 Å². The molecule has 0 amide bonds. The summed E-state index contributed by atoms with van der Waals surface area (Å²) in [6, 6.07) is 48.7. The van der Waals surface area contributed by atoms with Crippen LogP contribution in [-0.4, -0.2) is 39.9 Å². The number of aromatic amines is 1. The van der Waals surface area contributed by atoms with Crippen LogP contribution < -0.4 is 0 Å². The van der Waals surface area contributed by atoms with Crippen LogP contribution in [0, 0.1) is 55.4 Å². The minimum Gasteiger partial charge on any atom is -0.472 e. The number of aryl methyl sites for hydroxylation is 8. The summed E-state index contributed by atoms with van der Waals surface area (Å²) in [4.78, 5) is 31.4. The lowest BCUT2D eigenvalue weighted by Gasteiger charge is -1.98. The van der Waals surface area contributed by atoms with Gasteiger partial charge >= 0.3 is 0 Å². The first-order chi connectivity index (χ1) is 32.1. The average molecular weight is 889 g/mol. The summed E-state index contributed by atoms with van der Waals surface area (Å²) in [5.74, 6) is 0. The van der Waals surface area contributed by atoms with Crippen molar-refractivity contribution in [2.45, 2.75) is 62.8 Å². The van der Waals surface area contributed by atoms with Gasteiger partial charge in [0.05, 0.1) is 40.5 Å². The minimum atomic E-state index is 0. The first-order valence-corrected chi connectivity index (χ1v) is 21.6. The molecular formula is C58H64N8O. The first kappa shape index (κ1) is 53.2. The fourth-order valence-corrected chi connectivity index (χ4v) is 5.61. The molecule has 0 fully saturated rings. The Balaban J connectivity index is 0.000000205. The van der Waals surface area contributed by atoms with Gasteiger partial charge in [0, 0.05) is 72.5 Å². The zero-order valence-corrected chi connectivity index (χ0v) is 39.2. The Bertz CT molecular complexity index is 2730. The van der Waals surface area contributed by atoms with Gasteiger partial charge in [-0.1, -0.05) is 98.4 Å². The number of hydrogen-bond donors (Lipinski definition) is 1. The van der Waals surface area contributed by atoms with E-state index < -0.39 is 0 Å². The predicted molar refractivity (Wildman–Crippen MR) is 280 cm³/mol. The fraction of sp³-hybridized carbons (Fsp3) is 0.155. The predicted octanol–water partition coefficient (Wildman–Crippen LogP) is 14.7. The summed E-state index contributed by atoms with van der Waals surface area (Å²) in [7, 11) is 0. The van der Waals surface area contributed by atoms with E-state index in [0.29, 0.717) is 0 Å². The number of benzene rings is 4. The fourth-order valence-electron chi connectivity index (χ4n) is 5.61. The summed E-state index contributed by atoms with van der Waals surface area (Å²) in [6.07, 6.45) is 19.5. The monoisotopic (exact) mass is 889 g/mol. The molecule has 0 unspecified atom stereocenters. The topological polar surface area (TPSA) is 119 Å². The number of nitrogens with one attached hydrogen (secondary N) is 1. The van der Waals surface area contributed by atoms with Gasteiger partial charge in [0.15, 0.2) is 0 Å². The third-order valence-corrected chi connectivity index (χ3v) is 9.05. The number of hydrogen-bond acceptors (Lipinski definition) is 8. The lowest BCUT2D eigenvalue weighted by atomic mass is 10.1. The summed E-state index contributed by atoms with van der Waals surface area (Å²) in [5, 5.41) is 3.89. The van der Waals surface area contributed by atoms with Crippen LogP contribution in [0.25, 0.3) is 32.7 Å². The van der Waals surface area contributed by atoms with Crippen molar-refractivity contribution in [2.24, 2.45) is 0 Å². The van der Waals surface area contributed by atoms with Crippen LogP contribution in [0.1, 0.15) is 52.5 Å². The highest BCUT2D eigenvalue weighted by molar-refractivity contribution is 5.85. The van der Waals surface area contributed by atoms with Crippen molar-refractivity contribution in [1.82, 2.24) is 39.9 Å². The largest absolute Gasteiger partial charge is 0.472 e. The van der Waals surface area contributed by atoms with Gasteiger partial charge in [0.2, 0.25) is 0 Å². The van der Waals surface area contributed by atoms with Gasteiger partial charge < -0.3 is 9.40 Å². The van der Waals surface area contributed by atoms with E-state index in [1.807, 2.05) is 151 Å². The Labute approximate surface area is 397 Å². The molecule has 0 saturated heterocycles. The molecule has 1 N–H and O–H groups in total. The number of para-hydroxylation sites is 3. The van der Waals surface area contributed by atoms with Crippen LogP contribution in [0.15, 0.2) is 218 Å². The molecule has 0 spiro atoms. The molecule has 342 valence electrons. The second-order valence-electron chi connectivity index (χ2n) is 15.0. The van der Waals surface area contributed by atoms with Crippen molar-refractivity contribution in [2.75, 3.05) is 0 Å². The normalized spacial score (nSPS) is 9.37. The molecule has 7 aromatic heterocycles. The van der Waals surface area contributed by atoms with Gasteiger partial charge in [-0.15, -0.1) is 0 Å². The van der Waals surface area contributed by atoms with E-state index in [9.17, 15) is 0 Å². The second kappa shape index (κ2) is 30.8. The number of pyridine rings is 3. The highest BCUT2D eigenvalue weighted by Crippen LogP contribution is 2.17. The summed E-state index contributed by atoms with van der Waals surface area (Å²) in [6.45, 7) is 16.0. The van der Waals surface area contributed by atoms with Crippen LogP contribution in [0.5, 0.6) is 0 Å². The highest BCUT2D eigenvalue weighted by Gasteiger charge is 1.94. The third kappa shape index (κ3) is 21.8. The molecule has 9 heteroatoms. The molecule has 0 aliphatic rings. The van der Waals surface area contributed by atoms with Crippen molar-refractivity contribution in [1.29, 1.82) is 0 Å². The summed E-state index contributed by atoms with van der Waals surface area (Å²) < 4.78 is 4.71. The summed E-state index contributed by atoms with van der Waals surface area (Å²) in [5.41, 5.74) is 12.1. The molecule has 0 bridgehead atoms. The van der Waals surface area contributed by atoms with Crippen molar-refractivity contribution in [3.63, 3.8) is 0 Å². The highest BCUT2D eigenvalue weighted by atomic mass is 16.3. The van der Waals surface area contributed by atoms with E-state index in [1.165, 1.54) is 38.4 Å². The van der Waals surface area contributed by atoms with Gasteiger partial charge in [-0.25, -0.2) is 4.98 Å². The minimum absolute atomic E-state index is 0. The van der Waals surface area contributed by atoms with Gasteiger partial charge in [-0.05, 0) is 143 Å². The Morgan fingerprint density at radius 3 is 1.58 bits per heavy atom. The third-order valence-electron chi connectivity index (χ3n) is 9.05. The van der Waals surface area contributed by atoms with E-state index in [4.69, 9.17) is 4.42 Å². The number of fused-ring (bicyclic) bond motifs is 3. The maximum Gasteiger partial charge on any atom is 0.0931 e. The standard InChI is InChI=1S/C11H10.C10H9N.C9H8N2.2C6H7N.C5H6N2.C5H7N.C5H6O.CH4/c1-9-5-4-7-10-6-2-3-8-11(9)10;1-8-6-7-9-4-2-3-5-10(9)11-8;1-7-6-10-8-4-2-3-5-9(8)11-7;1-6-3-2-4-7-5-6;1-6-4-2-3-5-7-6;1-5-4-6-2-3-7-5;2*1-5-2-3-6-4-5;/h2-8H,1H3;2-7H,1H3;2-6H,1H3;2*2-5H,1H3;2-4H,1H3;2-4,6H,1H3;2-4H,1H3;1H4. The molecule has 4 aromatic carbocycles. The molecule has 11 aromatic rings. The molecule has 0 aliphatic carbocycles. The zero-order valence-electron chi connectivity index (χ0n) is 39.2. The van der Waals surface area contributed by atoms with Crippen LogP contribution in [0.3, 0.4) is 0 Å².